The van der Waals surface area contributed by atoms with Crippen molar-refractivity contribution in [1.29, 1.82) is 0 Å². The van der Waals surface area contributed by atoms with Gasteiger partial charge in [-0.15, -0.1) is 5.10 Å². The summed E-state index contributed by atoms with van der Waals surface area (Å²) in [5, 5.41) is 21.0. The van der Waals surface area contributed by atoms with E-state index in [0.717, 1.165) is 12.8 Å². The Hall–Kier alpha value is -2.64. The van der Waals surface area contributed by atoms with E-state index < -0.39 is 12.0 Å². The molecule has 23 heavy (non-hydrogen) atoms. The Balaban J connectivity index is 2.55. The lowest BCUT2D eigenvalue weighted by Gasteiger charge is -2.16. The van der Waals surface area contributed by atoms with E-state index in [0.29, 0.717) is 29.3 Å². The molecule has 1 heterocycles. The third-order valence-electron chi connectivity index (χ3n) is 3.56. The highest BCUT2D eigenvalue weighted by atomic mass is 16.5. The van der Waals surface area contributed by atoms with Crippen molar-refractivity contribution in [2.24, 2.45) is 0 Å². The molecular formula is C15H20N4O4. The molecule has 1 aromatic heterocycles. The normalized spacial score (nSPS) is 12.0. The van der Waals surface area contributed by atoms with Crippen molar-refractivity contribution in [3.63, 3.8) is 0 Å². The molecule has 124 valence electrons. The zero-order valence-corrected chi connectivity index (χ0v) is 13.4. The molecule has 0 amide bonds. The van der Waals surface area contributed by atoms with Gasteiger partial charge in [-0.25, -0.2) is 9.48 Å². The van der Waals surface area contributed by atoms with Gasteiger partial charge < -0.3 is 14.6 Å². The standard InChI is InChI=1S/C15H20N4O4/c1-4-5-7-10(15(20)21)19-14(16-17-18-19)13-11(22-2)8-6-9-12(13)23-3/h6,8-10H,4-5,7H2,1-3H3,(H,20,21). The quantitative estimate of drug-likeness (QED) is 0.795. The molecule has 0 saturated heterocycles. The lowest BCUT2D eigenvalue weighted by Crippen LogP contribution is -2.21. The molecule has 1 N–H and O–H groups in total. The highest BCUT2D eigenvalue weighted by Crippen LogP contribution is 2.37. The minimum atomic E-state index is -0.971. The van der Waals surface area contributed by atoms with Crippen molar-refractivity contribution in [2.45, 2.75) is 32.2 Å². The summed E-state index contributed by atoms with van der Waals surface area (Å²) >= 11 is 0. The van der Waals surface area contributed by atoms with Gasteiger partial charge in [-0.3, -0.25) is 0 Å². The predicted octanol–water partition coefficient (Wildman–Crippen LogP) is 2.17. The Morgan fingerprint density at radius 2 is 1.96 bits per heavy atom. The Morgan fingerprint density at radius 1 is 1.30 bits per heavy atom. The topological polar surface area (TPSA) is 99.4 Å². The number of hydrogen-bond donors (Lipinski definition) is 1. The molecule has 8 nitrogen and oxygen atoms in total. The number of aromatic nitrogens is 4. The largest absolute Gasteiger partial charge is 0.496 e. The van der Waals surface area contributed by atoms with Gasteiger partial charge in [0.2, 0.25) is 0 Å². The highest BCUT2D eigenvalue weighted by Gasteiger charge is 2.27. The molecule has 0 aliphatic rings. The van der Waals surface area contributed by atoms with E-state index >= 15 is 0 Å². The van der Waals surface area contributed by atoms with Gasteiger partial charge in [-0.05, 0) is 29.0 Å². The fraction of sp³-hybridized carbons (Fsp3) is 0.467. The number of carbonyl (C=O) groups is 1. The second-order valence-corrected chi connectivity index (χ2v) is 4.98. The third-order valence-corrected chi connectivity index (χ3v) is 3.56. The maximum atomic E-state index is 11.6. The first-order valence-corrected chi connectivity index (χ1v) is 7.36. The van der Waals surface area contributed by atoms with E-state index in [4.69, 9.17) is 9.47 Å². The van der Waals surface area contributed by atoms with Crippen molar-refractivity contribution in [2.75, 3.05) is 14.2 Å². The lowest BCUT2D eigenvalue weighted by atomic mass is 10.1. The van der Waals surface area contributed by atoms with Crippen molar-refractivity contribution >= 4 is 5.97 Å². The molecule has 0 saturated carbocycles. The number of carboxylic acids is 1. The molecule has 0 aliphatic heterocycles. The van der Waals surface area contributed by atoms with E-state index in [1.807, 2.05) is 6.92 Å². The summed E-state index contributed by atoms with van der Waals surface area (Å²) in [6, 6.07) is 4.44. The fourth-order valence-corrected chi connectivity index (χ4v) is 2.39. The summed E-state index contributed by atoms with van der Waals surface area (Å²) in [7, 11) is 3.05. The summed E-state index contributed by atoms with van der Waals surface area (Å²) in [4.78, 5) is 11.6. The van der Waals surface area contributed by atoms with Crippen LogP contribution in [0.3, 0.4) is 0 Å². The third kappa shape index (κ3) is 3.41. The summed E-state index contributed by atoms with van der Waals surface area (Å²) in [6.07, 6.45) is 2.10. The Morgan fingerprint density at radius 3 is 2.48 bits per heavy atom. The Kier molecular flexibility index (Phi) is 5.51. The first-order chi connectivity index (χ1) is 11.1. The zero-order chi connectivity index (χ0) is 16.8. The summed E-state index contributed by atoms with van der Waals surface area (Å²) in [5.74, 6) is 0.365. The molecule has 0 spiro atoms. The van der Waals surface area contributed by atoms with E-state index in [9.17, 15) is 9.90 Å². The molecular weight excluding hydrogens is 300 g/mol. The Labute approximate surface area is 134 Å². The monoisotopic (exact) mass is 320 g/mol. The number of methoxy groups -OCH3 is 2. The van der Waals surface area contributed by atoms with Gasteiger partial charge in [-0.1, -0.05) is 25.8 Å². The summed E-state index contributed by atoms with van der Waals surface area (Å²) < 4.78 is 12.0. The van der Waals surface area contributed by atoms with Crippen LogP contribution in [0, 0.1) is 0 Å². The van der Waals surface area contributed by atoms with Gasteiger partial charge in [0, 0.05) is 0 Å². The van der Waals surface area contributed by atoms with Gasteiger partial charge in [0.25, 0.3) is 0 Å². The number of tetrazole rings is 1. The molecule has 2 aromatic rings. The number of ether oxygens (including phenoxy) is 2. The summed E-state index contributed by atoms with van der Waals surface area (Å²) in [6.45, 7) is 2.00. The van der Waals surface area contributed by atoms with E-state index in [1.54, 1.807) is 18.2 Å². The molecule has 2 rings (SSSR count). The van der Waals surface area contributed by atoms with Crippen molar-refractivity contribution in [1.82, 2.24) is 20.2 Å². The fourth-order valence-electron chi connectivity index (χ4n) is 2.39. The van der Waals surface area contributed by atoms with Gasteiger partial charge in [0.15, 0.2) is 11.9 Å². The van der Waals surface area contributed by atoms with Crippen LogP contribution in [-0.4, -0.2) is 45.5 Å². The van der Waals surface area contributed by atoms with Crippen LogP contribution in [0.15, 0.2) is 18.2 Å². The average molecular weight is 320 g/mol. The van der Waals surface area contributed by atoms with E-state index in [-0.39, 0.29) is 0 Å². The smallest absolute Gasteiger partial charge is 0.328 e. The van der Waals surface area contributed by atoms with Crippen LogP contribution < -0.4 is 9.47 Å². The number of rotatable bonds is 8. The average Bonchev–Trinajstić information content (AvgIpc) is 3.02. The molecule has 0 bridgehead atoms. The van der Waals surface area contributed by atoms with Crippen molar-refractivity contribution in [3.05, 3.63) is 18.2 Å². The summed E-state index contributed by atoms with van der Waals surface area (Å²) in [5.41, 5.74) is 0.533. The van der Waals surface area contributed by atoms with Gasteiger partial charge in [-0.2, -0.15) is 0 Å². The first-order valence-electron chi connectivity index (χ1n) is 7.36. The molecule has 0 radical (unpaired) electrons. The van der Waals surface area contributed by atoms with E-state index in [1.165, 1.54) is 18.9 Å². The second-order valence-electron chi connectivity index (χ2n) is 4.98. The second kappa shape index (κ2) is 7.57. The van der Waals surface area contributed by atoms with Gasteiger partial charge >= 0.3 is 5.97 Å². The van der Waals surface area contributed by atoms with Crippen LogP contribution in [0.5, 0.6) is 11.5 Å². The van der Waals surface area contributed by atoms with Crippen molar-refractivity contribution < 1.29 is 19.4 Å². The zero-order valence-electron chi connectivity index (χ0n) is 13.4. The lowest BCUT2D eigenvalue weighted by molar-refractivity contribution is -0.141. The van der Waals surface area contributed by atoms with Crippen LogP contribution in [0.4, 0.5) is 0 Å². The van der Waals surface area contributed by atoms with E-state index in [2.05, 4.69) is 15.5 Å². The van der Waals surface area contributed by atoms with Gasteiger partial charge in [0.1, 0.15) is 17.1 Å². The number of nitrogens with zero attached hydrogens (tertiary/aromatic N) is 4. The molecule has 1 unspecified atom stereocenters. The van der Waals surface area contributed by atoms with Crippen LogP contribution in [0.2, 0.25) is 0 Å². The molecule has 0 fully saturated rings. The maximum absolute atomic E-state index is 11.6. The first kappa shape index (κ1) is 16.7. The number of carboxylic acid groups (broad SMARTS) is 1. The number of hydrogen-bond acceptors (Lipinski definition) is 6. The minimum absolute atomic E-state index is 0.308. The molecule has 8 heteroatoms. The SMILES string of the molecule is CCCCC(C(=O)O)n1nnnc1-c1c(OC)cccc1OC. The van der Waals surface area contributed by atoms with Crippen LogP contribution in [0.1, 0.15) is 32.2 Å². The highest BCUT2D eigenvalue weighted by molar-refractivity contribution is 5.75. The Bertz CT molecular complexity index is 649. The number of aliphatic carboxylic acids is 1. The van der Waals surface area contributed by atoms with Crippen LogP contribution >= 0.6 is 0 Å². The maximum Gasteiger partial charge on any atom is 0.328 e. The molecule has 1 aromatic carbocycles. The van der Waals surface area contributed by atoms with Crippen LogP contribution in [0.25, 0.3) is 11.4 Å². The van der Waals surface area contributed by atoms with Crippen LogP contribution in [-0.2, 0) is 4.79 Å². The van der Waals surface area contributed by atoms with Gasteiger partial charge in [0.05, 0.1) is 14.2 Å². The molecule has 1 atom stereocenters. The van der Waals surface area contributed by atoms with Crippen molar-refractivity contribution in [3.8, 4) is 22.9 Å². The predicted molar refractivity (Wildman–Crippen MR) is 82.6 cm³/mol. The minimum Gasteiger partial charge on any atom is -0.496 e. The molecule has 0 aliphatic carbocycles. The number of benzene rings is 1. The number of unbranched alkanes of at least 4 members (excludes halogenated alkanes) is 1.